The van der Waals surface area contributed by atoms with E-state index in [1.165, 1.54) is 0 Å². The van der Waals surface area contributed by atoms with Crippen molar-refractivity contribution in [2.75, 3.05) is 78.1 Å². The topological polar surface area (TPSA) is 138 Å². The number of carbonyl (C=O) groups is 4. The van der Waals surface area contributed by atoms with E-state index in [1.807, 2.05) is 133 Å². The third-order valence-electron chi connectivity index (χ3n) is 10.5. The van der Waals surface area contributed by atoms with Crippen LogP contribution in [-0.4, -0.2) is 126 Å². The molecule has 2 N–H and O–H groups in total. The van der Waals surface area contributed by atoms with Gasteiger partial charge in [-0.1, -0.05) is 60.7 Å². The molecule has 14 nitrogen and oxygen atoms in total. The molecule has 5 aromatic rings. The predicted octanol–water partition coefficient (Wildman–Crippen LogP) is 5.39. The molecular formula is C45H51N9O5. The minimum atomic E-state index is -0.449. The Morgan fingerprint density at radius 3 is 1.44 bits per heavy atom. The number of hydrogen-bond acceptors (Lipinski definition) is 10. The van der Waals surface area contributed by atoms with E-state index in [0.29, 0.717) is 49.2 Å². The number of oxazole rings is 1. The van der Waals surface area contributed by atoms with E-state index in [0.717, 1.165) is 35.1 Å². The average Bonchev–Trinajstić information content (AvgIpc) is 4.01. The fourth-order valence-corrected chi connectivity index (χ4v) is 7.72. The third-order valence-corrected chi connectivity index (χ3v) is 10.5. The Hall–Kier alpha value is -6.19. The molecule has 306 valence electrons. The van der Waals surface area contributed by atoms with Crippen LogP contribution in [0.2, 0.25) is 0 Å². The van der Waals surface area contributed by atoms with Crippen molar-refractivity contribution in [2.45, 2.75) is 24.9 Å². The zero-order chi connectivity index (χ0) is 41.5. The molecular weight excluding hydrogens is 747 g/mol. The number of aromatic nitrogens is 1. The maximum absolute atomic E-state index is 13.7. The molecule has 2 aliphatic heterocycles. The standard InChI is InChI=1S/C45H51N9O5/c1-49(2)41(33-13-7-5-8-14-33)44(57)53-27-11-25-51(53)30-39(55)47-36-21-17-32(18-22-36)38-29-46-43(59-38)35-19-23-37(24-20-35)48-40(56)31-52-26-12-28-54(52)45(58)42(50(3)4)34-15-9-6-10-16-34/h5-10,13-24,29,41-42H,11-12,25-28,30-31H2,1-4H3,(H,47,55)(H,48,56)/t41-,42-/m1/s1. The Kier molecular flexibility index (Phi) is 12.9. The van der Waals surface area contributed by atoms with E-state index in [4.69, 9.17) is 4.42 Å². The van der Waals surface area contributed by atoms with Gasteiger partial charge in [-0.15, -0.1) is 0 Å². The first-order chi connectivity index (χ1) is 28.5. The highest BCUT2D eigenvalue weighted by Gasteiger charge is 2.36. The molecule has 2 saturated heterocycles. The lowest BCUT2D eigenvalue weighted by Crippen LogP contribution is -2.48. The van der Waals surface area contributed by atoms with Gasteiger partial charge in [-0.25, -0.2) is 15.0 Å². The van der Waals surface area contributed by atoms with E-state index >= 15 is 0 Å². The summed E-state index contributed by atoms with van der Waals surface area (Å²) >= 11 is 0. The van der Waals surface area contributed by atoms with Gasteiger partial charge in [0.05, 0.1) is 19.3 Å². The second kappa shape index (κ2) is 18.6. The van der Waals surface area contributed by atoms with Crippen LogP contribution in [0.25, 0.3) is 22.8 Å². The smallest absolute Gasteiger partial charge is 0.258 e. The Balaban J connectivity index is 0.907. The number of likely N-dealkylation sites (N-methyl/N-ethyl adjacent to an activating group) is 2. The molecule has 0 unspecified atom stereocenters. The number of carbonyl (C=O) groups excluding carboxylic acids is 4. The fourth-order valence-electron chi connectivity index (χ4n) is 7.72. The molecule has 4 amide bonds. The van der Waals surface area contributed by atoms with Gasteiger partial charge in [0, 0.05) is 48.7 Å². The van der Waals surface area contributed by atoms with Crippen molar-refractivity contribution < 1.29 is 23.6 Å². The van der Waals surface area contributed by atoms with E-state index in [1.54, 1.807) is 40.5 Å². The van der Waals surface area contributed by atoms with Crippen molar-refractivity contribution in [1.82, 2.24) is 34.8 Å². The maximum atomic E-state index is 13.7. The largest absolute Gasteiger partial charge is 0.436 e. The van der Waals surface area contributed by atoms with Crippen molar-refractivity contribution in [2.24, 2.45) is 0 Å². The van der Waals surface area contributed by atoms with Crippen molar-refractivity contribution >= 4 is 35.0 Å². The summed E-state index contributed by atoms with van der Waals surface area (Å²) in [6.45, 7) is 2.47. The molecule has 1 aromatic heterocycles. The van der Waals surface area contributed by atoms with Crippen molar-refractivity contribution in [3.63, 3.8) is 0 Å². The maximum Gasteiger partial charge on any atom is 0.258 e. The minimum Gasteiger partial charge on any atom is -0.436 e. The summed E-state index contributed by atoms with van der Waals surface area (Å²) in [5.41, 5.74) is 4.58. The lowest BCUT2D eigenvalue weighted by atomic mass is 10.1. The Labute approximate surface area is 344 Å². The molecule has 2 atom stereocenters. The second-order valence-corrected chi connectivity index (χ2v) is 15.2. The Morgan fingerprint density at radius 2 is 1.02 bits per heavy atom. The summed E-state index contributed by atoms with van der Waals surface area (Å²) in [5, 5.41) is 12.9. The molecule has 3 heterocycles. The lowest BCUT2D eigenvalue weighted by Gasteiger charge is -2.33. The van der Waals surface area contributed by atoms with Gasteiger partial charge in [0.15, 0.2) is 5.76 Å². The van der Waals surface area contributed by atoms with Crippen LogP contribution in [0.1, 0.15) is 36.1 Å². The predicted molar refractivity (Wildman–Crippen MR) is 226 cm³/mol. The lowest BCUT2D eigenvalue weighted by molar-refractivity contribution is -0.151. The highest BCUT2D eigenvalue weighted by molar-refractivity contribution is 5.94. The summed E-state index contributed by atoms with van der Waals surface area (Å²) in [6.07, 6.45) is 3.23. The quantitative estimate of drug-likeness (QED) is 0.151. The van der Waals surface area contributed by atoms with Gasteiger partial charge in [0.2, 0.25) is 17.7 Å². The zero-order valence-corrected chi connectivity index (χ0v) is 34.0. The number of nitrogens with one attached hydrogen (secondary N) is 2. The summed E-state index contributed by atoms with van der Waals surface area (Å²) < 4.78 is 6.10. The molecule has 0 saturated carbocycles. The van der Waals surface area contributed by atoms with Crippen LogP contribution in [0.4, 0.5) is 11.4 Å². The Morgan fingerprint density at radius 1 is 0.593 bits per heavy atom. The van der Waals surface area contributed by atoms with E-state index < -0.39 is 12.1 Å². The van der Waals surface area contributed by atoms with Gasteiger partial charge < -0.3 is 15.1 Å². The van der Waals surface area contributed by atoms with Gasteiger partial charge in [0.25, 0.3) is 11.8 Å². The molecule has 14 heteroatoms. The van der Waals surface area contributed by atoms with Crippen molar-refractivity contribution in [3.05, 3.63) is 127 Å². The van der Waals surface area contributed by atoms with Gasteiger partial charge in [-0.2, -0.15) is 0 Å². The SMILES string of the molecule is CN(C)[C@@H](C(=O)N1CCCN1CC(=O)Nc1ccc(-c2cnc(-c3ccc(NC(=O)CN4CCCN4C(=O)[C@@H](c4ccccc4)N(C)C)cc3)o2)cc1)c1ccccc1. The number of rotatable bonds is 14. The first-order valence-corrected chi connectivity index (χ1v) is 19.9. The van der Waals surface area contributed by atoms with Crippen molar-refractivity contribution in [3.8, 4) is 22.8 Å². The zero-order valence-electron chi connectivity index (χ0n) is 34.0. The van der Waals surface area contributed by atoms with Crippen LogP contribution in [0.15, 0.2) is 120 Å². The number of amides is 4. The van der Waals surface area contributed by atoms with E-state index in [9.17, 15) is 19.2 Å². The Bertz CT molecular complexity index is 2060. The summed E-state index contributed by atoms with van der Waals surface area (Å²) in [5.74, 6) is 0.426. The fraction of sp³-hybridized carbons (Fsp3) is 0.311. The molecule has 4 aromatic carbocycles. The molecule has 59 heavy (non-hydrogen) atoms. The molecule has 7 rings (SSSR count). The molecule has 0 radical (unpaired) electrons. The van der Waals surface area contributed by atoms with Gasteiger partial charge >= 0.3 is 0 Å². The van der Waals surface area contributed by atoms with Crippen LogP contribution in [0.5, 0.6) is 0 Å². The summed E-state index contributed by atoms with van der Waals surface area (Å²) in [4.78, 5) is 61.9. The van der Waals surface area contributed by atoms with Gasteiger partial charge in [-0.05, 0) is 101 Å². The minimum absolute atomic E-state index is 0.0542. The van der Waals surface area contributed by atoms with Crippen LogP contribution in [0, 0.1) is 0 Å². The summed E-state index contributed by atoms with van der Waals surface area (Å²) in [6, 6.07) is 33.0. The van der Waals surface area contributed by atoms with Crippen LogP contribution >= 0.6 is 0 Å². The molecule has 0 aliphatic carbocycles. The second-order valence-electron chi connectivity index (χ2n) is 15.2. The van der Waals surface area contributed by atoms with Gasteiger partial charge in [0.1, 0.15) is 12.1 Å². The van der Waals surface area contributed by atoms with Gasteiger partial charge in [-0.3, -0.25) is 39.0 Å². The molecule has 0 spiro atoms. The van der Waals surface area contributed by atoms with E-state index in [2.05, 4.69) is 15.6 Å². The monoisotopic (exact) mass is 797 g/mol. The highest BCUT2D eigenvalue weighted by Crippen LogP contribution is 2.29. The first kappa shape index (κ1) is 41.0. The number of nitrogens with zero attached hydrogens (tertiary/aromatic N) is 7. The summed E-state index contributed by atoms with van der Waals surface area (Å²) in [7, 11) is 7.54. The van der Waals surface area contributed by atoms with E-state index in [-0.39, 0.29) is 36.7 Å². The third kappa shape index (κ3) is 9.75. The number of hydrazine groups is 2. The van der Waals surface area contributed by atoms with Crippen LogP contribution in [0.3, 0.4) is 0 Å². The molecule has 0 bridgehead atoms. The molecule has 2 fully saturated rings. The highest BCUT2D eigenvalue weighted by atomic mass is 16.4. The number of hydrogen-bond donors (Lipinski definition) is 2. The molecule has 2 aliphatic rings. The normalized spacial score (nSPS) is 15.8. The number of benzene rings is 4. The number of anilines is 2. The van der Waals surface area contributed by atoms with Crippen molar-refractivity contribution in [1.29, 1.82) is 0 Å². The van der Waals surface area contributed by atoms with Crippen LogP contribution in [-0.2, 0) is 19.2 Å². The average molecular weight is 798 g/mol. The van der Waals surface area contributed by atoms with Crippen LogP contribution < -0.4 is 10.6 Å². The first-order valence-electron chi connectivity index (χ1n) is 19.9.